The van der Waals surface area contributed by atoms with E-state index in [-0.39, 0.29) is 30.2 Å². The molecule has 6 heteroatoms. The molecule has 2 aromatic rings. The van der Waals surface area contributed by atoms with Crippen molar-refractivity contribution in [1.29, 1.82) is 0 Å². The molecule has 6 nitrogen and oxygen atoms in total. The molecular formula is C21H26N2O4. The molecule has 27 heavy (non-hydrogen) atoms. The van der Waals surface area contributed by atoms with Gasteiger partial charge in [-0.25, -0.2) is 0 Å². The molecule has 2 amide bonds. The van der Waals surface area contributed by atoms with Crippen molar-refractivity contribution in [3.8, 4) is 5.75 Å². The van der Waals surface area contributed by atoms with Crippen LogP contribution < -0.4 is 15.4 Å². The lowest BCUT2D eigenvalue weighted by Gasteiger charge is -2.21. The van der Waals surface area contributed by atoms with Gasteiger partial charge in [-0.05, 0) is 37.1 Å². The van der Waals surface area contributed by atoms with Crippen LogP contribution in [0.2, 0.25) is 0 Å². The van der Waals surface area contributed by atoms with Gasteiger partial charge in [-0.2, -0.15) is 0 Å². The van der Waals surface area contributed by atoms with Crippen molar-refractivity contribution in [3.63, 3.8) is 0 Å². The molecule has 0 saturated heterocycles. The van der Waals surface area contributed by atoms with Crippen molar-refractivity contribution in [2.24, 2.45) is 0 Å². The second-order valence-electron chi connectivity index (χ2n) is 6.86. The zero-order valence-electron chi connectivity index (χ0n) is 15.4. The van der Waals surface area contributed by atoms with E-state index in [0.29, 0.717) is 11.4 Å². The third kappa shape index (κ3) is 6.16. The van der Waals surface area contributed by atoms with Gasteiger partial charge >= 0.3 is 0 Å². The van der Waals surface area contributed by atoms with Crippen molar-refractivity contribution in [3.05, 3.63) is 48.4 Å². The van der Waals surface area contributed by atoms with Crippen LogP contribution in [0.3, 0.4) is 0 Å². The van der Waals surface area contributed by atoms with Gasteiger partial charge < -0.3 is 19.8 Å². The Labute approximate surface area is 159 Å². The number of hydrogen-bond donors (Lipinski definition) is 2. The smallest absolute Gasteiger partial charge is 0.291 e. The Morgan fingerprint density at radius 2 is 1.81 bits per heavy atom. The minimum Gasteiger partial charge on any atom is -0.484 e. The van der Waals surface area contributed by atoms with Crippen LogP contribution in [0.4, 0.5) is 5.69 Å². The predicted octanol–water partition coefficient (Wildman–Crippen LogP) is 4.14. The number of ether oxygens (including phenoxy) is 1. The summed E-state index contributed by atoms with van der Waals surface area (Å²) in [5, 5.41) is 5.81. The monoisotopic (exact) mass is 370 g/mol. The molecule has 0 atom stereocenters. The summed E-state index contributed by atoms with van der Waals surface area (Å²) in [7, 11) is 0. The average Bonchev–Trinajstić information content (AvgIpc) is 3.17. The quantitative estimate of drug-likeness (QED) is 0.801. The maximum Gasteiger partial charge on any atom is 0.291 e. The third-order valence-electron chi connectivity index (χ3n) is 4.68. The van der Waals surface area contributed by atoms with Gasteiger partial charge in [0.25, 0.3) is 11.8 Å². The average molecular weight is 370 g/mol. The van der Waals surface area contributed by atoms with Gasteiger partial charge in [0, 0.05) is 17.8 Å². The summed E-state index contributed by atoms with van der Waals surface area (Å²) in [4.78, 5) is 24.2. The summed E-state index contributed by atoms with van der Waals surface area (Å²) in [6, 6.07) is 10.5. The Morgan fingerprint density at radius 3 is 2.56 bits per heavy atom. The molecule has 3 rings (SSSR count). The topological polar surface area (TPSA) is 80.6 Å². The van der Waals surface area contributed by atoms with E-state index in [4.69, 9.17) is 9.15 Å². The van der Waals surface area contributed by atoms with E-state index in [0.717, 1.165) is 12.8 Å². The van der Waals surface area contributed by atoms with E-state index in [2.05, 4.69) is 10.6 Å². The van der Waals surface area contributed by atoms with E-state index in [1.165, 1.54) is 38.4 Å². The third-order valence-corrected chi connectivity index (χ3v) is 4.68. The molecule has 0 bridgehead atoms. The van der Waals surface area contributed by atoms with Crippen LogP contribution in [0, 0.1) is 0 Å². The Bertz CT molecular complexity index is 734. The zero-order chi connectivity index (χ0) is 18.9. The molecule has 1 aliphatic rings. The summed E-state index contributed by atoms with van der Waals surface area (Å²) in [6.07, 6.45) is 9.67. The zero-order valence-corrected chi connectivity index (χ0v) is 15.4. The lowest BCUT2D eigenvalue weighted by atomic mass is 9.97. The first-order valence-electron chi connectivity index (χ1n) is 9.58. The predicted molar refractivity (Wildman–Crippen MR) is 103 cm³/mol. The highest BCUT2D eigenvalue weighted by atomic mass is 16.5. The second-order valence-corrected chi connectivity index (χ2v) is 6.86. The summed E-state index contributed by atoms with van der Waals surface area (Å²) >= 11 is 0. The maximum absolute atomic E-state index is 12.2. The molecular weight excluding hydrogens is 344 g/mol. The summed E-state index contributed by atoms with van der Waals surface area (Å²) in [5.74, 6) is 0.324. The van der Waals surface area contributed by atoms with Gasteiger partial charge in [0.1, 0.15) is 5.75 Å². The molecule has 1 fully saturated rings. The molecule has 0 unspecified atom stereocenters. The summed E-state index contributed by atoms with van der Waals surface area (Å²) < 4.78 is 10.7. The van der Waals surface area contributed by atoms with Crippen LogP contribution in [-0.2, 0) is 4.79 Å². The van der Waals surface area contributed by atoms with Crippen molar-refractivity contribution >= 4 is 17.5 Å². The summed E-state index contributed by atoms with van der Waals surface area (Å²) in [6.45, 7) is -0.0356. The van der Waals surface area contributed by atoms with E-state index in [1.807, 2.05) is 0 Å². The Kier molecular flexibility index (Phi) is 6.90. The van der Waals surface area contributed by atoms with E-state index >= 15 is 0 Å². The molecule has 1 aromatic carbocycles. The van der Waals surface area contributed by atoms with Gasteiger partial charge in [0.2, 0.25) is 0 Å². The Balaban J connectivity index is 1.47. The number of carbonyl (C=O) groups is 2. The fourth-order valence-corrected chi connectivity index (χ4v) is 3.28. The van der Waals surface area contributed by atoms with Crippen LogP contribution in [0.25, 0.3) is 0 Å². The normalized spacial score (nSPS) is 15.4. The summed E-state index contributed by atoms with van der Waals surface area (Å²) in [5.41, 5.74) is 0.578. The first-order valence-corrected chi connectivity index (χ1v) is 9.58. The number of rotatable bonds is 6. The molecule has 0 spiro atoms. The van der Waals surface area contributed by atoms with Gasteiger partial charge in [-0.3, -0.25) is 9.59 Å². The molecule has 1 aromatic heterocycles. The van der Waals surface area contributed by atoms with Crippen molar-refractivity contribution in [2.75, 3.05) is 11.9 Å². The highest BCUT2D eigenvalue weighted by Crippen LogP contribution is 2.19. The maximum atomic E-state index is 12.2. The van der Waals surface area contributed by atoms with Crippen molar-refractivity contribution < 1.29 is 18.7 Å². The molecule has 0 radical (unpaired) electrons. The number of amides is 2. The van der Waals surface area contributed by atoms with Crippen LogP contribution >= 0.6 is 0 Å². The lowest BCUT2D eigenvalue weighted by Crippen LogP contribution is -2.38. The van der Waals surface area contributed by atoms with Crippen molar-refractivity contribution in [1.82, 2.24) is 5.32 Å². The second kappa shape index (κ2) is 9.80. The highest BCUT2D eigenvalue weighted by Gasteiger charge is 2.14. The molecule has 1 heterocycles. The van der Waals surface area contributed by atoms with Gasteiger partial charge in [0.15, 0.2) is 12.4 Å². The minimum atomic E-state index is -0.334. The minimum absolute atomic E-state index is 0.0356. The fourth-order valence-electron chi connectivity index (χ4n) is 3.28. The standard InChI is InChI=1S/C21H26N2O4/c24-20(22-16-8-4-2-1-3-5-9-16)15-27-18-11-6-10-17(14-18)23-21(25)19-12-7-13-26-19/h6-7,10-14,16H,1-5,8-9,15H2,(H,22,24)(H,23,25). The fraction of sp³-hybridized carbons (Fsp3) is 0.429. The van der Waals surface area contributed by atoms with Crippen LogP contribution in [0.5, 0.6) is 5.75 Å². The lowest BCUT2D eigenvalue weighted by molar-refractivity contribution is -0.123. The van der Waals surface area contributed by atoms with E-state index in [1.54, 1.807) is 36.4 Å². The number of anilines is 1. The van der Waals surface area contributed by atoms with Gasteiger partial charge in [-0.1, -0.05) is 38.2 Å². The number of benzene rings is 1. The molecule has 2 N–H and O–H groups in total. The Hall–Kier alpha value is -2.76. The van der Waals surface area contributed by atoms with Crippen LogP contribution in [0.1, 0.15) is 55.5 Å². The van der Waals surface area contributed by atoms with Crippen LogP contribution in [0.15, 0.2) is 47.1 Å². The van der Waals surface area contributed by atoms with Crippen molar-refractivity contribution in [2.45, 2.75) is 51.0 Å². The first kappa shape index (κ1) is 19.0. The van der Waals surface area contributed by atoms with E-state index < -0.39 is 0 Å². The largest absolute Gasteiger partial charge is 0.484 e. The van der Waals surface area contributed by atoms with Crippen LogP contribution in [-0.4, -0.2) is 24.5 Å². The number of furan rings is 1. The number of carbonyl (C=O) groups excluding carboxylic acids is 2. The Morgan fingerprint density at radius 1 is 1.04 bits per heavy atom. The first-order chi connectivity index (χ1) is 13.2. The van der Waals surface area contributed by atoms with Gasteiger partial charge in [-0.15, -0.1) is 0 Å². The highest BCUT2D eigenvalue weighted by molar-refractivity contribution is 6.02. The number of nitrogens with one attached hydrogen (secondary N) is 2. The molecule has 0 aliphatic heterocycles. The molecule has 1 aliphatic carbocycles. The van der Waals surface area contributed by atoms with Gasteiger partial charge in [0.05, 0.1) is 6.26 Å². The van der Waals surface area contributed by atoms with E-state index in [9.17, 15) is 9.59 Å². The molecule has 144 valence electrons. The number of hydrogen-bond acceptors (Lipinski definition) is 4. The SMILES string of the molecule is O=C(COc1cccc(NC(=O)c2ccco2)c1)NC1CCCCCCC1. The molecule has 1 saturated carbocycles.